The lowest BCUT2D eigenvalue weighted by Gasteiger charge is -2.01. The predicted octanol–water partition coefficient (Wildman–Crippen LogP) is 2.89. The molecular formula is C11H8ClNO3S. The van der Waals surface area contributed by atoms with Crippen LogP contribution in [0.1, 0.15) is 15.2 Å². The fourth-order valence-electron chi connectivity index (χ4n) is 1.17. The van der Waals surface area contributed by atoms with Gasteiger partial charge in [-0.1, -0.05) is 35.1 Å². The number of halogens is 1. The minimum absolute atomic E-state index is 0.0152. The Kier molecular flexibility index (Phi) is 3.73. The summed E-state index contributed by atoms with van der Waals surface area (Å²) in [6.45, 7) is -0.0152. The van der Waals surface area contributed by atoms with Gasteiger partial charge in [-0.05, 0) is 17.7 Å². The van der Waals surface area contributed by atoms with Crippen LogP contribution >= 0.6 is 22.9 Å². The van der Waals surface area contributed by atoms with Gasteiger partial charge in [0.2, 0.25) is 0 Å². The van der Waals surface area contributed by atoms with Crippen molar-refractivity contribution in [1.82, 2.24) is 4.98 Å². The molecule has 1 aromatic carbocycles. The van der Waals surface area contributed by atoms with Crippen molar-refractivity contribution in [2.45, 2.75) is 6.61 Å². The zero-order chi connectivity index (χ0) is 12.3. The van der Waals surface area contributed by atoms with Gasteiger partial charge >= 0.3 is 0 Å². The summed E-state index contributed by atoms with van der Waals surface area (Å²) in [5, 5.41) is 9.34. The Morgan fingerprint density at radius 2 is 2.12 bits per heavy atom. The largest absolute Gasteiger partial charge is 0.431 e. The number of nitrogens with zero attached hydrogens (tertiary/aromatic N) is 1. The lowest BCUT2D eigenvalue weighted by Crippen LogP contribution is -1.85. The van der Waals surface area contributed by atoms with Gasteiger partial charge in [-0.25, -0.2) is 0 Å². The molecule has 0 bridgehead atoms. The Morgan fingerprint density at radius 1 is 1.41 bits per heavy atom. The Bertz CT molecular complexity index is 524. The molecule has 6 heteroatoms. The average Bonchev–Trinajstić information content (AvgIpc) is 2.70. The maximum absolute atomic E-state index is 10.6. The SMILES string of the molecule is O=Cc1sc(Oc2ccc(CO)cc2)nc1Cl. The number of benzene rings is 1. The molecule has 0 unspecified atom stereocenters. The first-order chi connectivity index (χ1) is 8.22. The van der Waals surface area contributed by atoms with E-state index in [2.05, 4.69) is 4.98 Å². The molecule has 1 N–H and O–H groups in total. The number of ether oxygens (including phenoxy) is 1. The first kappa shape index (κ1) is 12.0. The average molecular weight is 270 g/mol. The van der Waals surface area contributed by atoms with Crippen molar-refractivity contribution in [3.63, 3.8) is 0 Å². The molecule has 88 valence electrons. The summed E-state index contributed by atoms with van der Waals surface area (Å²) >= 11 is 6.80. The van der Waals surface area contributed by atoms with Gasteiger partial charge in [-0.3, -0.25) is 4.79 Å². The Hall–Kier alpha value is -1.43. The van der Waals surface area contributed by atoms with E-state index >= 15 is 0 Å². The van der Waals surface area contributed by atoms with Crippen LogP contribution in [0, 0.1) is 0 Å². The van der Waals surface area contributed by atoms with Gasteiger partial charge in [-0.15, -0.1) is 0 Å². The van der Waals surface area contributed by atoms with E-state index in [-0.39, 0.29) is 11.8 Å². The van der Waals surface area contributed by atoms with E-state index in [1.165, 1.54) is 0 Å². The standard InChI is InChI=1S/C11H8ClNO3S/c12-10-9(6-15)17-11(13-10)16-8-3-1-7(5-14)2-4-8/h1-4,6,14H,5H2. The fourth-order valence-corrected chi connectivity index (χ4v) is 2.10. The molecule has 0 saturated heterocycles. The van der Waals surface area contributed by atoms with Crippen LogP contribution < -0.4 is 4.74 Å². The summed E-state index contributed by atoms with van der Waals surface area (Å²) in [4.78, 5) is 14.8. The Morgan fingerprint density at radius 3 is 2.65 bits per heavy atom. The molecule has 4 nitrogen and oxygen atoms in total. The van der Waals surface area contributed by atoms with Gasteiger partial charge in [0.15, 0.2) is 11.4 Å². The number of aldehydes is 1. The quantitative estimate of drug-likeness (QED) is 0.867. The molecule has 0 spiro atoms. The van der Waals surface area contributed by atoms with Gasteiger partial charge < -0.3 is 9.84 Å². The molecule has 0 aliphatic heterocycles. The highest BCUT2D eigenvalue weighted by atomic mass is 35.5. The molecule has 0 radical (unpaired) electrons. The number of carbonyl (C=O) groups excluding carboxylic acids is 1. The summed E-state index contributed by atoms with van der Waals surface area (Å²) in [5.74, 6) is 0.574. The number of rotatable bonds is 4. The van der Waals surface area contributed by atoms with E-state index < -0.39 is 0 Å². The van der Waals surface area contributed by atoms with Crippen LogP contribution in [0.3, 0.4) is 0 Å². The second kappa shape index (κ2) is 5.27. The van der Waals surface area contributed by atoms with Crippen LogP contribution in [0.15, 0.2) is 24.3 Å². The van der Waals surface area contributed by atoms with E-state index in [1.807, 2.05) is 0 Å². The highest BCUT2D eigenvalue weighted by molar-refractivity contribution is 7.15. The van der Waals surface area contributed by atoms with Crippen LogP contribution in [0.5, 0.6) is 10.9 Å². The van der Waals surface area contributed by atoms with Crippen molar-refractivity contribution < 1.29 is 14.6 Å². The number of aliphatic hydroxyl groups is 1. The van der Waals surface area contributed by atoms with E-state index in [0.717, 1.165) is 16.9 Å². The highest BCUT2D eigenvalue weighted by Crippen LogP contribution is 2.30. The van der Waals surface area contributed by atoms with Crippen LogP contribution in [0.25, 0.3) is 0 Å². The minimum atomic E-state index is -0.0152. The van der Waals surface area contributed by atoms with Crippen LogP contribution in [-0.4, -0.2) is 16.4 Å². The number of carbonyl (C=O) groups is 1. The summed E-state index contributed by atoms with van der Waals surface area (Å²) in [6, 6.07) is 6.90. The van der Waals surface area contributed by atoms with E-state index in [9.17, 15) is 4.79 Å². The molecule has 1 aromatic heterocycles. The van der Waals surface area contributed by atoms with Crippen LogP contribution in [0.2, 0.25) is 5.15 Å². The minimum Gasteiger partial charge on any atom is -0.431 e. The second-order valence-electron chi connectivity index (χ2n) is 3.16. The normalized spacial score (nSPS) is 10.2. The zero-order valence-electron chi connectivity index (χ0n) is 8.59. The van der Waals surface area contributed by atoms with Crippen LogP contribution in [-0.2, 0) is 6.61 Å². The number of thiazole rings is 1. The number of aliphatic hydroxyl groups excluding tert-OH is 1. The van der Waals surface area contributed by atoms with Crippen molar-refractivity contribution in [1.29, 1.82) is 0 Å². The van der Waals surface area contributed by atoms with Crippen molar-refractivity contribution in [2.24, 2.45) is 0 Å². The van der Waals surface area contributed by atoms with E-state index in [4.69, 9.17) is 21.4 Å². The molecule has 0 aliphatic carbocycles. The first-order valence-corrected chi connectivity index (χ1v) is 5.91. The number of hydrogen-bond donors (Lipinski definition) is 1. The fraction of sp³-hybridized carbons (Fsp3) is 0.0909. The summed E-state index contributed by atoms with van der Waals surface area (Å²) in [6.07, 6.45) is 0.641. The molecule has 17 heavy (non-hydrogen) atoms. The molecule has 0 aliphatic rings. The maximum atomic E-state index is 10.6. The summed E-state index contributed by atoms with van der Waals surface area (Å²) < 4.78 is 5.42. The van der Waals surface area contributed by atoms with Crippen molar-refractivity contribution in [3.8, 4) is 10.9 Å². The molecule has 1 heterocycles. The van der Waals surface area contributed by atoms with Gasteiger partial charge in [0.25, 0.3) is 5.19 Å². The first-order valence-electron chi connectivity index (χ1n) is 4.72. The van der Waals surface area contributed by atoms with E-state index in [0.29, 0.717) is 22.1 Å². The van der Waals surface area contributed by atoms with Gasteiger partial charge in [0, 0.05) is 0 Å². The molecule has 2 rings (SSSR count). The third-order valence-electron chi connectivity index (χ3n) is 2.01. The van der Waals surface area contributed by atoms with Gasteiger partial charge in [0.05, 0.1) is 6.61 Å². The molecule has 0 fully saturated rings. The van der Waals surface area contributed by atoms with Crippen LogP contribution in [0.4, 0.5) is 0 Å². The Balaban J connectivity index is 2.16. The number of aromatic nitrogens is 1. The molecule has 0 atom stereocenters. The maximum Gasteiger partial charge on any atom is 0.280 e. The van der Waals surface area contributed by atoms with E-state index in [1.54, 1.807) is 24.3 Å². The Labute approximate surface area is 106 Å². The van der Waals surface area contributed by atoms with Crippen molar-refractivity contribution in [3.05, 3.63) is 39.9 Å². The third-order valence-corrected chi connectivity index (χ3v) is 3.27. The summed E-state index contributed by atoms with van der Waals surface area (Å²) in [7, 11) is 0. The lowest BCUT2D eigenvalue weighted by atomic mass is 10.2. The molecule has 0 saturated carbocycles. The highest BCUT2D eigenvalue weighted by Gasteiger charge is 2.09. The molecule has 0 amide bonds. The summed E-state index contributed by atoms with van der Waals surface area (Å²) in [5.41, 5.74) is 0.795. The smallest absolute Gasteiger partial charge is 0.280 e. The second-order valence-corrected chi connectivity index (χ2v) is 4.51. The van der Waals surface area contributed by atoms with Crippen molar-refractivity contribution >= 4 is 29.2 Å². The van der Waals surface area contributed by atoms with Gasteiger partial charge in [-0.2, -0.15) is 4.98 Å². The molecular weight excluding hydrogens is 262 g/mol. The third kappa shape index (κ3) is 2.82. The van der Waals surface area contributed by atoms with Crippen molar-refractivity contribution in [2.75, 3.05) is 0 Å². The zero-order valence-corrected chi connectivity index (χ0v) is 10.2. The number of hydrogen-bond acceptors (Lipinski definition) is 5. The predicted molar refractivity (Wildman–Crippen MR) is 65.0 cm³/mol. The topological polar surface area (TPSA) is 59.4 Å². The monoisotopic (exact) mass is 269 g/mol. The molecule has 2 aromatic rings. The lowest BCUT2D eigenvalue weighted by molar-refractivity contribution is 0.112. The van der Waals surface area contributed by atoms with Gasteiger partial charge in [0.1, 0.15) is 10.6 Å².